The quantitative estimate of drug-likeness (QED) is 0.410. The minimum Gasteiger partial charge on any atom is -0.383 e. The number of aromatic nitrogens is 1. The van der Waals surface area contributed by atoms with E-state index in [-0.39, 0.29) is 11.6 Å². The molecular weight excluding hydrogens is 320 g/mol. The molecule has 0 radical (unpaired) electrons. The Morgan fingerprint density at radius 1 is 1.04 bits per heavy atom. The number of hydrogen-bond donors (Lipinski definition) is 2. The molecule has 25 heavy (non-hydrogen) atoms. The molecule has 7 nitrogen and oxygen atoms in total. The molecule has 0 atom stereocenters. The fourth-order valence-electron chi connectivity index (χ4n) is 2.47. The molecule has 7 heteroatoms. The summed E-state index contributed by atoms with van der Waals surface area (Å²) in [5.74, 6) is -0.163. The Morgan fingerprint density at radius 2 is 1.80 bits per heavy atom. The minimum absolute atomic E-state index is 0.0448. The largest absolute Gasteiger partial charge is 0.383 e. The van der Waals surface area contributed by atoms with Crippen molar-refractivity contribution in [3.05, 3.63) is 76.5 Å². The highest BCUT2D eigenvalue weighted by atomic mass is 16.6. The van der Waals surface area contributed by atoms with Crippen molar-refractivity contribution >= 4 is 28.2 Å². The van der Waals surface area contributed by atoms with Crippen LogP contribution < -0.4 is 10.6 Å². The second-order valence-corrected chi connectivity index (χ2v) is 5.36. The van der Waals surface area contributed by atoms with E-state index >= 15 is 0 Å². The topological polar surface area (TPSA) is 97.2 Å². The van der Waals surface area contributed by atoms with Gasteiger partial charge in [0.2, 0.25) is 0 Å². The van der Waals surface area contributed by atoms with Gasteiger partial charge in [-0.1, -0.05) is 18.2 Å². The Morgan fingerprint density at radius 3 is 2.56 bits per heavy atom. The molecule has 0 fully saturated rings. The minimum atomic E-state index is -0.441. The summed E-state index contributed by atoms with van der Waals surface area (Å²) in [4.78, 5) is 26.8. The first kappa shape index (κ1) is 16.4. The molecule has 0 unspecified atom stereocenters. The van der Waals surface area contributed by atoms with Gasteiger partial charge in [-0.05, 0) is 24.3 Å². The van der Waals surface area contributed by atoms with Crippen LogP contribution >= 0.6 is 0 Å². The smallest absolute Gasteiger partial charge is 0.269 e. The van der Waals surface area contributed by atoms with E-state index in [9.17, 15) is 14.9 Å². The third-order valence-corrected chi connectivity index (χ3v) is 3.71. The highest BCUT2D eigenvalue weighted by molar-refractivity contribution is 6.05. The van der Waals surface area contributed by atoms with Gasteiger partial charge < -0.3 is 10.6 Å². The number of nitro groups is 1. The molecule has 0 spiro atoms. The monoisotopic (exact) mass is 336 g/mol. The van der Waals surface area contributed by atoms with Gasteiger partial charge in [-0.2, -0.15) is 0 Å². The van der Waals surface area contributed by atoms with Crippen LogP contribution in [0.4, 0.5) is 11.4 Å². The number of carbonyl (C=O) groups excluding carboxylic acids is 1. The number of para-hydroxylation sites is 1. The van der Waals surface area contributed by atoms with Gasteiger partial charge in [-0.25, -0.2) is 0 Å². The molecule has 0 saturated carbocycles. The molecule has 2 N–H and O–H groups in total. The number of fused-ring (bicyclic) bond motifs is 1. The highest BCUT2D eigenvalue weighted by Crippen LogP contribution is 2.16. The van der Waals surface area contributed by atoms with Gasteiger partial charge in [-0.3, -0.25) is 19.9 Å². The zero-order chi connectivity index (χ0) is 17.6. The summed E-state index contributed by atoms with van der Waals surface area (Å²) in [6.45, 7) is 0.930. The van der Waals surface area contributed by atoms with Crippen LogP contribution in [0.15, 0.2) is 60.8 Å². The van der Waals surface area contributed by atoms with Crippen molar-refractivity contribution in [3.8, 4) is 0 Å². The summed E-state index contributed by atoms with van der Waals surface area (Å²) in [5, 5.41) is 17.4. The normalized spacial score (nSPS) is 10.4. The lowest BCUT2D eigenvalue weighted by Crippen LogP contribution is -2.28. The van der Waals surface area contributed by atoms with E-state index in [1.165, 1.54) is 12.1 Å². The van der Waals surface area contributed by atoms with E-state index in [2.05, 4.69) is 15.6 Å². The molecule has 0 aliphatic carbocycles. The number of pyridine rings is 1. The fraction of sp³-hybridized carbons (Fsp3) is 0.111. The van der Waals surface area contributed by atoms with Crippen LogP contribution in [0.3, 0.4) is 0 Å². The van der Waals surface area contributed by atoms with Crippen LogP contribution in [0.5, 0.6) is 0 Å². The highest BCUT2D eigenvalue weighted by Gasteiger charge is 2.09. The fourth-order valence-corrected chi connectivity index (χ4v) is 2.47. The maximum absolute atomic E-state index is 12.3. The molecule has 0 aliphatic heterocycles. The van der Waals surface area contributed by atoms with Crippen molar-refractivity contribution in [2.75, 3.05) is 18.4 Å². The zero-order valence-electron chi connectivity index (χ0n) is 13.3. The van der Waals surface area contributed by atoms with Crippen LogP contribution in [0.2, 0.25) is 0 Å². The first-order valence-corrected chi connectivity index (χ1v) is 7.75. The molecule has 0 saturated heterocycles. The molecule has 0 aliphatic rings. The number of anilines is 1. The zero-order valence-corrected chi connectivity index (χ0v) is 13.3. The number of non-ortho nitro benzene ring substituents is 1. The second-order valence-electron chi connectivity index (χ2n) is 5.36. The van der Waals surface area contributed by atoms with E-state index in [0.29, 0.717) is 18.7 Å². The molecule has 2 aromatic carbocycles. The average Bonchev–Trinajstić information content (AvgIpc) is 2.65. The number of carbonyl (C=O) groups is 1. The molecule has 0 bridgehead atoms. The first-order chi connectivity index (χ1) is 12.1. The predicted octanol–water partition coefficient (Wildman–Crippen LogP) is 2.98. The number of rotatable bonds is 6. The van der Waals surface area contributed by atoms with E-state index in [1.807, 2.05) is 24.3 Å². The molecule has 1 aromatic heterocycles. The molecule has 126 valence electrons. The summed E-state index contributed by atoms with van der Waals surface area (Å²) in [7, 11) is 0. The van der Waals surface area contributed by atoms with Gasteiger partial charge in [0.25, 0.3) is 11.6 Å². The van der Waals surface area contributed by atoms with Crippen molar-refractivity contribution in [3.63, 3.8) is 0 Å². The van der Waals surface area contributed by atoms with Crippen LogP contribution in [0.25, 0.3) is 10.9 Å². The third kappa shape index (κ3) is 3.89. The number of hydrogen-bond acceptors (Lipinski definition) is 5. The second kappa shape index (κ2) is 7.39. The summed E-state index contributed by atoms with van der Waals surface area (Å²) in [6.07, 6.45) is 1.62. The van der Waals surface area contributed by atoms with Crippen LogP contribution in [0.1, 0.15) is 10.4 Å². The third-order valence-electron chi connectivity index (χ3n) is 3.71. The Labute approximate surface area is 143 Å². The lowest BCUT2D eigenvalue weighted by atomic mass is 10.1. The Kier molecular flexibility index (Phi) is 4.84. The number of benzene rings is 2. The van der Waals surface area contributed by atoms with Gasteiger partial charge in [0.15, 0.2) is 0 Å². The Hall–Kier alpha value is -3.48. The lowest BCUT2D eigenvalue weighted by Gasteiger charge is -2.09. The van der Waals surface area contributed by atoms with Crippen molar-refractivity contribution in [2.45, 2.75) is 0 Å². The molecule has 1 heterocycles. The molecule has 3 rings (SSSR count). The van der Waals surface area contributed by atoms with Crippen LogP contribution in [-0.2, 0) is 0 Å². The molecule has 1 amide bonds. The first-order valence-electron chi connectivity index (χ1n) is 7.75. The van der Waals surface area contributed by atoms with Crippen molar-refractivity contribution in [1.29, 1.82) is 0 Å². The van der Waals surface area contributed by atoms with E-state index in [1.54, 1.807) is 24.4 Å². The number of amides is 1. The van der Waals surface area contributed by atoms with Gasteiger partial charge in [-0.15, -0.1) is 0 Å². The summed E-state index contributed by atoms with van der Waals surface area (Å²) in [5.41, 5.74) is 2.16. The van der Waals surface area contributed by atoms with E-state index in [0.717, 1.165) is 16.6 Å². The molecule has 3 aromatic rings. The van der Waals surface area contributed by atoms with E-state index in [4.69, 9.17) is 0 Å². The number of nitrogens with one attached hydrogen (secondary N) is 2. The van der Waals surface area contributed by atoms with Crippen molar-refractivity contribution < 1.29 is 9.72 Å². The maximum atomic E-state index is 12.3. The predicted molar refractivity (Wildman–Crippen MR) is 95.7 cm³/mol. The average molecular weight is 336 g/mol. The Bertz CT molecular complexity index is 904. The number of nitro benzene ring substituents is 1. The summed E-state index contributed by atoms with van der Waals surface area (Å²) in [6, 6.07) is 15.3. The SMILES string of the molecule is O=C(NCCNc1ccc([N+](=O)[O-])cc1)c1ccnc2ccccc12. The standard InChI is InChI=1S/C18H16N4O3/c23-18(16-9-10-20-17-4-2-1-3-15(16)17)21-12-11-19-13-5-7-14(8-6-13)22(24)25/h1-10,19H,11-12H2,(H,21,23). The van der Waals surface area contributed by atoms with E-state index < -0.39 is 4.92 Å². The Balaban J connectivity index is 1.55. The molecular formula is C18H16N4O3. The van der Waals surface area contributed by atoms with Gasteiger partial charge in [0.1, 0.15) is 0 Å². The van der Waals surface area contributed by atoms with Crippen molar-refractivity contribution in [1.82, 2.24) is 10.3 Å². The van der Waals surface area contributed by atoms with Gasteiger partial charge in [0.05, 0.1) is 16.0 Å². The summed E-state index contributed by atoms with van der Waals surface area (Å²) < 4.78 is 0. The lowest BCUT2D eigenvalue weighted by molar-refractivity contribution is -0.384. The van der Waals surface area contributed by atoms with Crippen molar-refractivity contribution in [2.24, 2.45) is 0 Å². The van der Waals surface area contributed by atoms with Gasteiger partial charge in [0, 0.05) is 42.5 Å². The van der Waals surface area contributed by atoms with Crippen LogP contribution in [-0.4, -0.2) is 28.9 Å². The summed E-state index contributed by atoms with van der Waals surface area (Å²) >= 11 is 0. The van der Waals surface area contributed by atoms with Crippen LogP contribution in [0, 0.1) is 10.1 Å². The number of nitrogens with zero attached hydrogens (tertiary/aromatic N) is 2. The van der Waals surface area contributed by atoms with Gasteiger partial charge >= 0.3 is 0 Å². The maximum Gasteiger partial charge on any atom is 0.269 e.